The van der Waals surface area contributed by atoms with Crippen LogP contribution in [0.25, 0.3) is 0 Å². The Bertz CT molecular complexity index is 358. The summed E-state index contributed by atoms with van der Waals surface area (Å²) in [6, 6.07) is 0. The van der Waals surface area contributed by atoms with Crippen molar-refractivity contribution in [2.24, 2.45) is 5.92 Å². The normalized spacial score (nSPS) is 24.8. The zero-order valence-electron chi connectivity index (χ0n) is 10.3. The highest BCUT2D eigenvalue weighted by atomic mass is 31.1. The summed E-state index contributed by atoms with van der Waals surface area (Å²) in [7, 11) is 0.115. The predicted molar refractivity (Wildman–Crippen MR) is 76.5 cm³/mol. The van der Waals surface area contributed by atoms with Gasteiger partial charge < -0.3 is 0 Å². The summed E-state index contributed by atoms with van der Waals surface area (Å²) in [6.45, 7) is 6.12. The van der Waals surface area contributed by atoms with E-state index in [9.17, 15) is 0 Å². The molecule has 0 aromatic carbocycles. The minimum Gasteiger partial charge on any atom is -0.103 e. The Morgan fingerprint density at radius 3 is 3.12 bits per heavy atom. The van der Waals surface area contributed by atoms with Crippen LogP contribution in [0.15, 0.2) is 36.2 Å². The van der Waals surface area contributed by atoms with Crippen molar-refractivity contribution < 1.29 is 0 Å². The first-order valence-electron chi connectivity index (χ1n) is 6.46. The lowest BCUT2D eigenvalue weighted by molar-refractivity contribution is 0.777. The molecule has 0 amide bonds. The van der Waals surface area contributed by atoms with E-state index in [1.807, 2.05) is 11.4 Å². The van der Waals surface area contributed by atoms with Crippen LogP contribution < -0.4 is 0 Å². The quantitative estimate of drug-likeness (QED) is 0.348. The average molecular weight is 233 g/mol. The molecule has 0 fully saturated rings. The summed E-state index contributed by atoms with van der Waals surface area (Å²) >= 11 is 0. The Hall–Kier alpha value is -0.610. The third-order valence-electron chi connectivity index (χ3n) is 3.46. The van der Waals surface area contributed by atoms with E-state index < -0.39 is 0 Å². The zero-order valence-corrected chi connectivity index (χ0v) is 11.2. The van der Waals surface area contributed by atoms with Crippen molar-refractivity contribution in [1.82, 2.24) is 0 Å². The number of allylic oxidation sites excluding steroid dienone is 4. The second kappa shape index (κ2) is 5.64. The van der Waals surface area contributed by atoms with Crippen LogP contribution >= 0.6 is 7.55 Å². The van der Waals surface area contributed by atoms with E-state index >= 15 is 0 Å². The van der Waals surface area contributed by atoms with Crippen LogP contribution in [0.4, 0.5) is 0 Å². The third-order valence-corrected chi connectivity index (χ3v) is 5.98. The van der Waals surface area contributed by atoms with E-state index in [4.69, 9.17) is 0 Å². The van der Waals surface area contributed by atoms with Crippen molar-refractivity contribution in [2.75, 3.05) is 6.16 Å². The van der Waals surface area contributed by atoms with Crippen molar-refractivity contribution in [3.05, 3.63) is 36.2 Å². The number of fused-ring (bicyclic) bond motifs is 1. The van der Waals surface area contributed by atoms with Crippen molar-refractivity contribution in [3.8, 4) is 0 Å². The molecular weight excluding hydrogens is 211 g/mol. The van der Waals surface area contributed by atoms with E-state index in [0.29, 0.717) is 5.92 Å². The topological polar surface area (TPSA) is 0 Å². The van der Waals surface area contributed by atoms with Crippen LogP contribution in [-0.4, -0.2) is 11.5 Å². The Kier molecular flexibility index (Phi) is 4.18. The molecule has 0 aromatic rings. The van der Waals surface area contributed by atoms with Crippen LogP contribution in [0.5, 0.6) is 0 Å². The van der Waals surface area contributed by atoms with Crippen molar-refractivity contribution in [3.63, 3.8) is 0 Å². The van der Waals surface area contributed by atoms with Crippen molar-refractivity contribution in [1.29, 1.82) is 0 Å². The maximum atomic E-state index is 3.83. The maximum absolute atomic E-state index is 3.83. The average Bonchev–Trinajstić information content (AvgIpc) is 2.80. The van der Waals surface area contributed by atoms with Crippen LogP contribution in [0.3, 0.4) is 0 Å². The molecule has 2 atom stereocenters. The van der Waals surface area contributed by atoms with Gasteiger partial charge in [0.1, 0.15) is 24.8 Å². The fraction of sp³-hybridized carbons (Fsp3) is 0.533. The van der Waals surface area contributed by atoms with E-state index in [-0.39, 0.29) is 7.55 Å². The molecule has 86 valence electrons. The molecule has 0 N–H and O–H groups in total. The molecule has 1 heterocycles. The Labute approximate surface area is 101 Å². The third kappa shape index (κ3) is 2.55. The van der Waals surface area contributed by atoms with Gasteiger partial charge in [-0.2, -0.15) is 0 Å². The second-order valence-electron chi connectivity index (χ2n) is 4.75. The van der Waals surface area contributed by atoms with Gasteiger partial charge in [0.2, 0.25) is 0 Å². The number of hydrogen-bond acceptors (Lipinski definition) is 0. The lowest BCUT2D eigenvalue weighted by Crippen LogP contribution is -1.99. The molecular formula is C15H22P+. The fourth-order valence-corrected chi connectivity index (χ4v) is 5.12. The molecule has 0 saturated carbocycles. The standard InChI is InChI=1S/C15H22P/c1-3-5-6-9-16-10-8-14-11-13(7-4-2)12-15(14)16/h4,8,10-11,14H,2-3,5-7,9,12H2,1H3/q+1. The van der Waals surface area contributed by atoms with Crippen LogP contribution in [0.1, 0.15) is 39.0 Å². The summed E-state index contributed by atoms with van der Waals surface area (Å²) in [4.78, 5) is 0. The number of rotatable bonds is 6. The van der Waals surface area contributed by atoms with Gasteiger partial charge in [0, 0.05) is 6.42 Å². The lowest BCUT2D eigenvalue weighted by Gasteiger charge is -1.96. The lowest BCUT2D eigenvalue weighted by atomic mass is 10.1. The van der Waals surface area contributed by atoms with Gasteiger partial charge in [-0.05, 0) is 25.3 Å². The zero-order chi connectivity index (χ0) is 11.4. The fourth-order valence-electron chi connectivity index (χ4n) is 2.59. The molecule has 0 bridgehead atoms. The smallest absolute Gasteiger partial charge is 0.103 e. The summed E-state index contributed by atoms with van der Waals surface area (Å²) in [6.07, 6.45) is 14.9. The highest BCUT2D eigenvalue weighted by molar-refractivity contribution is 7.62. The summed E-state index contributed by atoms with van der Waals surface area (Å²) < 4.78 is 0. The molecule has 0 aromatic heterocycles. The van der Waals surface area contributed by atoms with Gasteiger partial charge in [-0.25, -0.2) is 0 Å². The molecule has 16 heavy (non-hydrogen) atoms. The predicted octanol–water partition coefficient (Wildman–Crippen LogP) is 4.88. The van der Waals surface area contributed by atoms with Gasteiger partial charge in [-0.1, -0.05) is 31.1 Å². The van der Waals surface area contributed by atoms with Gasteiger partial charge in [-0.3, -0.25) is 0 Å². The number of unbranched alkanes of at least 4 members (excludes halogenated alkanes) is 2. The van der Waals surface area contributed by atoms with Gasteiger partial charge in [0.05, 0.1) is 5.92 Å². The first-order chi connectivity index (χ1) is 7.85. The van der Waals surface area contributed by atoms with Crippen LogP contribution in [-0.2, 0) is 0 Å². The molecule has 1 aliphatic carbocycles. The summed E-state index contributed by atoms with van der Waals surface area (Å²) in [5.74, 6) is 3.20. The Morgan fingerprint density at radius 2 is 2.38 bits per heavy atom. The Morgan fingerprint density at radius 1 is 1.50 bits per heavy atom. The van der Waals surface area contributed by atoms with Gasteiger partial charge >= 0.3 is 0 Å². The van der Waals surface area contributed by atoms with E-state index in [2.05, 4.69) is 31.5 Å². The SMILES string of the molecule is C=CCC1=CC2C=C[P+](CCCCC)=C2C1. The van der Waals surface area contributed by atoms with Crippen LogP contribution in [0.2, 0.25) is 0 Å². The van der Waals surface area contributed by atoms with Gasteiger partial charge in [0.15, 0.2) is 0 Å². The van der Waals surface area contributed by atoms with Gasteiger partial charge in [0.25, 0.3) is 0 Å². The highest BCUT2D eigenvalue weighted by Crippen LogP contribution is 2.44. The second-order valence-corrected chi connectivity index (χ2v) is 7.01. The summed E-state index contributed by atoms with van der Waals surface area (Å²) in [5, 5.41) is 1.82. The molecule has 0 spiro atoms. The Balaban J connectivity index is 1.96. The largest absolute Gasteiger partial charge is 0.124 e. The first kappa shape index (κ1) is 11.9. The molecule has 2 aliphatic rings. The molecule has 0 radical (unpaired) electrons. The molecule has 2 unspecified atom stereocenters. The van der Waals surface area contributed by atoms with Crippen LogP contribution in [0, 0.1) is 5.92 Å². The maximum Gasteiger partial charge on any atom is 0.124 e. The molecule has 0 saturated heterocycles. The molecule has 2 rings (SSSR count). The first-order valence-corrected chi connectivity index (χ1v) is 8.06. The van der Waals surface area contributed by atoms with Gasteiger partial charge in [-0.15, -0.1) is 6.58 Å². The number of hydrogen-bond donors (Lipinski definition) is 0. The van der Waals surface area contributed by atoms with Crippen molar-refractivity contribution >= 4 is 12.8 Å². The highest BCUT2D eigenvalue weighted by Gasteiger charge is 2.33. The van der Waals surface area contributed by atoms with E-state index in [1.165, 1.54) is 31.8 Å². The molecule has 0 nitrogen and oxygen atoms in total. The minimum atomic E-state index is 0.115. The molecule has 1 heteroatoms. The molecule has 1 aliphatic heterocycles. The monoisotopic (exact) mass is 233 g/mol. The summed E-state index contributed by atoms with van der Waals surface area (Å²) in [5.41, 5.74) is 1.60. The van der Waals surface area contributed by atoms with Crippen molar-refractivity contribution in [2.45, 2.75) is 39.0 Å². The van der Waals surface area contributed by atoms with E-state index in [0.717, 1.165) is 6.42 Å². The van der Waals surface area contributed by atoms with E-state index in [1.54, 1.807) is 5.57 Å². The minimum absolute atomic E-state index is 0.115.